The minimum atomic E-state index is 0.578. The Morgan fingerprint density at radius 3 is 2.67 bits per heavy atom. The van der Waals surface area contributed by atoms with E-state index in [4.69, 9.17) is 4.74 Å². The summed E-state index contributed by atoms with van der Waals surface area (Å²) in [5, 5.41) is 3.44. The molecule has 2 aliphatic carbocycles. The predicted octanol–water partition coefficient (Wildman–Crippen LogP) is 1.55. The van der Waals surface area contributed by atoms with Crippen molar-refractivity contribution in [3.05, 3.63) is 0 Å². The van der Waals surface area contributed by atoms with Crippen LogP contribution in [0.1, 0.15) is 32.6 Å². The van der Waals surface area contributed by atoms with Crippen LogP contribution < -0.4 is 5.32 Å². The molecule has 0 aromatic heterocycles. The highest BCUT2D eigenvalue weighted by molar-refractivity contribution is 4.86. The van der Waals surface area contributed by atoms with E-state index >= 15 is 0 Å². The molecule has 2 rings (SSSR count). The third-order valence-corrected chi connectivity index (χ3v) is 2.85. The van der Waals surface area contributed by atoms with Gasteiger partial charge in [0, 0.05) is 12.6 Å². The molecule has 2 aliphatic rings. The summed E-state index contributed by atoms with van der Waals surface area (Å²) in [4.78, 5) is 0. The van der Waals surface area contributed by atoms with Crippen LogP contribution in [0.2, 0.25) is 0 Å². The van der Waals surface area contributed by atoms with Crippen molar-refractivity contribution in [1.82, 2.24) is 5.32 Å². The highest BCUT2D eigenvalue weighted by Gasteiger charge is 2.31. The Labute approximate surface area is 74.7 Å². The Bertz CT molecular complexity index is 139. The van der Waals surface area contributed by atoms with Crippen LogP contribution in [0.5, 0.6) is 0 Å². The molecule has 0 atom stereocenters. The molecule has 12 heavy (non-hydrogen) atoms. The van der Waals surface area contributed by atoms with E-state index in [2.05, 4.69) is 12.2 Å². The minimum absolute atomic E-state index is 0.578. The van der Waals surface area contributed by atoms with Crippen molar-refractivity contribution >= 4 is 0 Å². The summed E-state index contributed by atoms with van der Waals surface area (Å²) in [7, 11) is 0. The van der Waals surface area contributed by atoms with E-state index in [9.17, 15) is 0 Å². The largest absolute Gasteiger partial charge is 0.378 e. The van der Waals surface area contributed by atoms with Gasteiger partial charge >= 0.3 is 0 Å². The molecule has 0 spiro atoms. The van der Waals surface area contributed by atoms with E-state index in [1.807, 2.05) is 0 Å². The third-order valence-electron chi connectivity index (χ3n) is 2.85. The van der Waals surface area contributed by atoms with Crippen LogP contribution in [0.15, 0.2) is 0 Å². The standard InChI is InChI=1S/C10H19NO/c1-2-11-9-5-10(6-9)12-7-8-3-4-8/h8-11H,2-7H2,1H3. The van der Waals surface area contributed by atoms with Crippen LogP contribution in [0.25, 0.3) is 0 Å². The summed E-state index contributed by atoms with van der Waals surface area (Å²) in [5.41, 5.74) is 0. The summed E-state index contributed by atoms with van der Waals surface area (Å²) >= 11 is 0. The molecule has 0 aromatic rings. The highest BCUT2D eigenvalue weighted by Crippen LogP contribution is 2.31. The van der Waals surface area contributed by atoms with Crippen molar-refractivity contribution in [1.29, 1.82) is 0 Å². The maximum Gasteiger partial charge on any atom is 0.0605 e. The summed E-state index contributed by atoms with van der Waals surface area (Å²) in [6.07, 6.45) is 5.86. The monoisotopic (exact) mass is 169 g/mol. The second-order valence-electron chi connectivity index (χ2n) is 4.12. The van der Waals surface area contributed by atoms with Crippen molar-refractivity contribution in [2.24, 2.45) is 5.92 Å². The lowest BCUT2D eigenvalue weighted by Gasteiger charge is -2.35. The van der Waals surface area contributed by atoms with E-state index in [1.165, 1.54) is 25.7 Å². The zero-order valence-corrected chi connectivity index (χ0v) is 7.88. The Hall–Kier alpha value is -0.0800. The van der Waals surface area contributed by atoms with Crippen LogP contribution in [-0.4, -0.2) is 25.3 Å². The molecule has 2 saturated carbocycles. The summed E-state index contributed by atoms with van der Waals surface area (Å²) in [6, 6.07) is 0.749. The quantitative estimate of drug-likeness (QED) is 0.674. The van der Waals surface area contributed by atoms with Crippen LogP contribution in [0.4, 0.5) is 0 Å². The maximum atomic E-state index is 5.74. The fourth-order valence-corrected chi connectivity index (χ4v) is 1.71. The zero-order valence-electron chi connectivity index (χ0n) is 7.88. The van der Waals surface area contributed by atoms with Crippen LogP contribution in [0, 0.1) is 5.92 Å². The van der Waals surface area contributed by atoms with Crippen molar-refractivity contribution in [2.75, 3.05) is 13.2 Å². The van der Waals surface area contributed by atoms with Crippen molar-refractivity contribution in [2.45, 2.75) is 44.8 Å². The molecule has 0 saturated heterocycles. The van der Waals surface area contributed by atoms with E-state index in [0.717, 1.165) is 25.1 Å². The number of hydrogen-bond donors (Lipinski definition) is 1. The smallest absolute Gasteiger partial charge is 0.0605 e. The van der Waals surface area contributed by atoms with Crippen molar-refractivity contribution in [3.63, 3.8) is 0 Å². The topological polar surface area (TPSA) is 21.3 Å². The Kier molecular flexibility index (Phi) is 2.66. The molecular formula is C10H19NO. The number of ether oxygens (including phenoxy) is 1. The van der Waals surface area contributed by atoms with Gasteiger partial charge in [-0.1, -0.05) is 6.92 Å². The molecule has 0 aromatic carbocycles. The zero-order chi connectivity index (χ0) is 8.39. The number of rotatable bonds is 5. The normalized spacial score (nSPS) is 34.8. The second-order valence-corrected chi connectivity index (χ2v) is 4.12. The molecule has 0 amide bonds. The summed E-state index contributed by atoms with van der Waals surface area (Å²) in [6.45, 7) is 4.29. The fourth-order valence-electron chi connectivity index (χ4n) is 1.71. The van der Waals surface area contributed by atoms with Gasteiger partial charge in [0.05, 0.1) is 6.10 Å². The lowest BCUT2D eigenvalue weighted by molar-refractivity contribution is -0.0208. The van der Waals surface area contributed by atoms with Gasteiger partial charge in [-0.15, -0.1) is 0 Å². The van der Waals surface area contributed by atoms with Crippen LogP contribution in [-0.2, 0) is 4.74 Å². The Morgan fingerprint density at radius 2 is 2.08 bits per heavy atom. The maximum absolute atomic E-state index is 5.74. The van der Waals surface area contributed by atoms with E-state index in [-0.39, 0.29) is 0 Å². The van der Waals surface area contributed by atoms with Crippen LogP contribution >= 0.6 is 0 Å². The van der Waals surface area contributed by atoms with Gasteiger partial charge in [-0.2, -0.15) is 0 Å². The first-order chi connectivity index (χ1) is 5.88. The van der Waals surface area contributed by atoms with Gasteiger partial charge in [-0.05, 0) is 38.1 Å². The first kappa shape index (κ1) is 8.52. The molecule has 0 bridgehead atoms. The second kappa shape index (κ2) is 3.75. The molecule has 2 heteroatoms. The first-order valence-electron chi connectivity index (χ1n) is 5.23. The molecule has 0 unspecified atom stereocenters. The molecule has 70 valence electrons. The molecule has 1 N–H and O–H groups in total. The molecule has 0 radical (unpaired) electrons. The molecule has 2 nitrogen and oxygen atoms in total. The van der Waals surface area contributed by atoms with E-state index in [1.54, 1.807) is 0 Å². The SMILES string of the molecule is CCNC1CC(OCC2CC2)C1. The summed E-state index contributed by atoms with van der Waals surface area (Å²) in [5.74, 6) is 0.920. The van der Waals surface area contributed by atoms with Gasteiger partial charge in [0.1, 0.15) is 0 Å². The molecule has 2 fully saturated rings. The molecular weight excluding hydrogens is 150 g/mol. The average Bonchev–Trinajstić information content (AvgIpc) is 2.76. The van der Waals surface area contributed by atoms with Gasteiger partial charge in [-0.3, -0.25) is 0 Å². The van der Waals surface area contributed by atoms with E-state index in [0.29, 0.717) is 6.10 Å². The number of hydrogen-bond acceptors (Lipinski definition) is 2. The Morgan fingerprint density at radius 1 is 1.33 bits per heavy atom. The van der Waals surface area contributed by atoms with Gasteiger partial charge in [0.2, 0.25) is 0 Å². The van der Waals surface area contributed by atoms with Gasteiger partial charge in [0.25, 0.3) is 0 Å². The highest BCUT2D eigenvalue weighted by atomic mass is 16.5. The lowest BCUT2D eigenvalue weighted by Crippen LogP contribution is -2.45. The van der Waals surface area contributed by atoms with Gasteiger partial charge < -0.3 is 10.1 Å². The average molecular weight is 169 g/mol. The summed E-state index contributed by atoms with van der Waals surface area (Å²) < 4.78 is 5.74. The minimum Gasteiger partial charge on any atom is -0.378 e. The lowest BCUT2D eigenvalue weighted by atomic mass is 9.89. The van der Waals surface area contributed by atoms with E-state index < -0.39 is 0 Å². The third kappa shape index (κ3) is 2.20. The first-order valence-corrected chi connectivity index (χ1v) is 5.23. The van der Waals surface area contributed by atoms with Gasteiger partial charge in [0.15, 0.2) is 0 Å². The Balaban J connectivity index is 1.49. The van der Waals surface area contributed by atoms with Crippen LogP contribution in [0.3, 0.4) is 0 Å². The molecule has 0 aliphatic heterocycles. The van der Waals surface area contributed by atoms with Crippen molar-refractivity contribution < 1.29 is 4.74 Å². The fraction of sp³-hybridized carbons (Fsp3) is 1.00. The molecule has 0 heterocycles. The number of nitrogens with one attached hydrogen (secondary N) is 1. The predicted molar refractivity (Wildman–Crippen MR) is 49.2 cm³/mol. The van der Waals surface area contributed by atoms with Crippen molar-refractivity contribution in [3.8, 4) is 0 Å². The van der Waals surface area contributed by atoms with Gasteiger partial charge in [-0.25, -0.2) is 0 Å².